The summed E-state index contributed by atoms with van der Waals surface area (Å²) < 4.78 is 0. The van der Waals surface area contributed by atoms with Crippen molar-refractivity contribution in [1.82, 2.24) is 5.32 Å². The highest BCUT2D eigenvalue weighted by atomic mass is 32.2. The summed E-state index contributed by atoms with van der Waals surface area (Å²) in [6, 6.07) is 0. The Labute approximate surface area is 88.6 Å². The smallest absolute Gasteiger partial charge is 0.323 e. The van der Waals surface area contributed by atoms with E-state index in [-0.39, 0.29) is 0 Å². The second-order valence-corrected chi connectivity index (χ2v) is 5.76. The molecule has 0 bridgehead atoms. The van der Waals surface area contributed by atoms with Gasteiger partial charge in [-0.05, 0) is 49.7 Å². The monoisotopic (exact) mass is 215 g/mol. The fourth-order valence-electron chi connectivity index (χ4n) is 2.45. The summed E-state index contributed by atoms with van der Waals surface area (Å²) in [5, 5.41) is 12.2. The van der Waals surface area contributed by atoms with Crippen LogP contribution in [0, 0.1) is 11.8 Å². The quantitative estimate of drug-likeness (QED) is 0.726. The number of carbonyl (C=O) groups is 1. The van der Waals surface area contributed by atoms with E-state index in [4.69, 9.17) is 5.11 Å². The first kappa shape index (κ1) is 10.3. The average Bonchev–Trinajstić information content (AvgIpc) is 2.72. The lowest BCUT2D eigenvalue weighted by molar-refractivity contribution is -0.143. The van der Waals surface area contributed by atoms with E-state index in [1.54, 1.807) is 6.92 Å². The van der Waals surface area contributed by atoms with Gasteiger partial charge in [-0.2, -0.15) is 11.8 Å². The van der Waals surface area contributed by atoms with Gasteiger partial charge in [-0.3, -0.25) is 4.79 Å². The van der Waals surface area contributed by atoms with Crippen molar-refractivity contribution in [3.8, 4) is 0 Å². The van der Waals surface area contributed by atoms with Crippen LogP contribution < -0.4 is 5.32 Å². The standard InChI is InChI=1S/C10H17NO2S/c1-10(9(12)13)4-8(5-11-10)7-2-3-14-6-7/h7-8,11H,2-6H2,1H3,(H,12,13). The van der Waals surface area contributed by atoms with Crippen molar-refractivity contribution in [2.75, 3.05) is 18.1 Å². The molecule has 0 aromatic rings. The minimum Gasteiger partial charge on any atom is -0.480 e. The Balaban J connectivity index is 1.96. The van der Waals surface area contributed by atoms with Crippen LogP contribution in [0.4, 0.5) is 0 Å². The molecular formula is C10H17NO2S. The third kappa shape index (κ3) is 1.77. The van der Waals surface area contributed by atoms with Gasteiger partial charge in [0.1, 0.15) is 5.54 Å². The van der Waals surface area contributed by atoms with Crippen molar-refractivity contribution in [3.63, 3.8) is 0 Å². The number of carboxylic acids is 1. The molecule has 2 aliphatic heterocycles. The van der Waals surface area contributed by atoms with E-state index in [1.807, 2.05) is 11.8 Å². The second kappa shape index (κ2) is 3.74. The number of nitrogens with one attached hydrogen (secondary N) is 1. The van der Waals surface area contributed by atoms with E-state index in [0.29, 0.717) is 5.92 Å². The van der Waals surface area contributed by atoms with Crippen molar-refractivity contribution >= 4 is 17.7 Å². The molecule has 4 heteroatoms. The Morgan fingerprint density at radius 2 is 2.36 bits per heavy atom. The topological polar surface area (TPSA) is 49.3 Å². The third-order valence-electron chi connectivity index (χ3n) is 3.53. The Kier molecular flexibility index (Phi) is 2.75. The predicted molar refractivity (Wildman–Crippen MR) is 57.6 cm³/mol. The summed E-state index contributed by atoms with van der Waals surface area (Å²) >= 11 is 2.00. The zero-order valence-corrected chi connectivity index (χ0v) is 9.27. The summed E-state index contributed by atoms with van der Waals surface area (Å²) in [4.78, 5) is 11.0. The molecule has 80 valence electrons. The first-order chi connectivity index (χ1) is 6.62. The lowest BCUT2D eigenvalue weighted by atomic mass is 9.86. The van der Waals surface area contributed by atoms with Gasteiger partial charge in [0.15, 0.2) is 0 Å². The fourth-order valence-corrected chi connectivity index (χ4v) is 3.82. The molecular weight excluding hydrogens is 198 g/mol. The van der Waals surface area contributed by atoms with Gasteiger partial charge < -0.3 is 10.4 Å². The van der Waals surface area contributed by atoms with Crippen molar-refractivity contribution in [2.45, 2.75) is 25.3 Å². The molecule has 0 aromatic carbocycles. The third-order valence-corrected chi connectivity index (χ3v) is 4.72. The summed E-state index contributed by atoms with van der Waals surface area (Å²) in [6.07, 6.45) is 2.07. The molecule has 0 aromatic heterocycles. The minimum atomic E-state index is -0.703. The molecule has 14 heavy (non-hydrogen) atoms. The average molecular weight is 215 g/mol. The van der Waals surface area contributed by atoms with Crippen molar-refractivity contribution in [3.05, 3.63) is 0 Å². The molecule has 0 spiro atoms. The number of thioether (sulfide) groups is 1. The van der Waals surface area contributed by atoms with Gasteiger partial charge in [0, 0.05) is 0 Å². The number of hydrogen-bond donors (Lipinski definition) is 2. The molecule has 0 aliphatic carbocycles. The van der Waals surface area contributed by atoms with Gasteiger partial charge in [0.05, 0.1) is 0 Å². The molecule has 3 nitrogen and oxygen atoms in total. The summed E-state index contributed by atoms with van der Waals surface area (Å²) in [6.45, 7) is 2.69. The van der Waals surface area contributed by atoms with Crippen LogP contribution in [-0.2, 0) is 4.79 Å². The maximum absolute atomic E-state index is 11.0. The van der Waals surface area contributed by atoms with Crippen LogP contribution >= 0.6 is 11.8 Å². The molecule has 2 fully saturated rings. The molecule has 3 atom stereocenters. The van der Waals surface area contributed by atoms with Crippen LogP contribution in [0.2, 0.25) is 0 Å². The first-order valence-corrected chi connectivity index (χ1v) is 6.33. The Bertz CT molecular complexity index is 240. The van der Waals surface area contributed by atoms with Crippen LogP contribution in [0.15, 0.2) is 0 Å². The fraction of sp³-hybridized carbons (Fsp3) is 0.900. The van der Waals surface area contributed by atoms with Gasteiger partial charge in [0.2, 0.25) is 0 Å². The Hall–Kier alpha value is -0.220. The zero-order valence-electron chi connectivity index (χ0n) is 8.45. The number of carboxylic acid groups (broad SMARTS) is 1. The van der Waals surface area contributed by atoms with Crippen LogP contribution in [0.25, 0.3) is 0 Å². The SMILES string of the molecule is CC1(C(=O)O)CC(C2CCSC2)CN1. The summed E-state index contributed by atoms with van der Waals surface area (Å²) in [5.74, 6) is 3.10. The maximum atomic E-state index is 11.0. The van der Waals surface area contributed by atoms with Gasteiger partial charge in [-0.1, -0.05) is 0 Å². The maximum Gasteiger partial charge on any atom is 0.323 e. The normalized spacial score (nSPS) is 42.9. The highest BCUT2D eigenvalue weighted by molar-refractivity contribution is 7.99. The van der Waals surface area contributed by atoms with E-state index < -0.39 is 11.5 Å². The van der Waals surface area contributed by atoms with Gasteiger partial charge in [-0.25, -0.2) is 0 Å². The molecule has 2 N–H and O–H groups in total. The van der Waals surface area contributed by atoms with E-state index in [9.17, 15) is 4.79 Å². The highest BCUT2D eigenvalue weighted by Gasteiger charge is 2.43. The van der Waals surface area contributed by atoms with Crippen LogP contribution in [0.1, 0.15) is 19.8 Å². The van der Waals surface area contributed by atoms with Crippen molar-refractivity contribution < 1.29 is 9.90 Å². The summed E-state index contributed by atoms with van der Waals surface area (Å²) in [7, 11) is 0. The second-order valence-electron chi connectivity index (χ2n) is 4.61. The molecule has 2 rings (SSSR count). The van der Waals surface area contributed by atoms with Gasteiger partial charge in [-0.15, -0.1) is 0 Å². The number of aliphatic carboxylic acids is 1. The first-order valence-electron chi connectivity index (χ1n) is 5.18. The lowest BCUT2D eigenvalue weighted by Crippen LogP contribution is -2.44. The van der Waals surface area contributed by atoms with Crippen LogP contribution in [0.5, 0.6) is 0 Å². The van der Waals surface area contributed by atoms with Gasteiger partial charge >= 0.3 is 5.97 Å². The predicted octanol–water partition coefficient (Wildman–Crippen LogP) is 1.19. The molecule has 2 aliphatic rings. The zero-order chi connectivity index (χ0) is 10.2. The van der Waals surface area contributed by atoms with Crippen LogP contribution in [-0.4, -0.2) is 34.7 Å². The molecule has 2 heterocycles. The molecule has 0 radical (unpaired) electrons. The Morgan fingerprint density at radius 3 is 2.86 bits per heavy atom. The molecule has 2 saturated heterocycles. The van der Waals surface area contributed by atoms with Gasteiger partial charge in [0.25, 0.3) is 0 Å². The Morgan fingerprint density at radius 1 is 1.57 bits per heavy atom. The molecule has 0 saturated carbocycles. The highest BCUT2D eigenvalue weighted by Crippen LogP contribution is 2.37. The summed E-state index contributed by atoms with van der Waals surface area (Å²) in [5.41, 5.74) is -0.669. The van der Waals surface area contributed by atoms with E-state index in [2.05, 4.69) is 5.32 Å². The van der Waals surface area contributed by atoms with E-state index in [0.717, 1.165) is 18.9 Å². The molecule has 0 amide bonds. The van der Waals surface area contributed by atoms with Crippen LogP contribution in [0.3, 0.4) is 0 Å². The minimum absolute atomic E-state index is 0.575. The number of rotatable bonds is 2. The van der Waals surface area contributed by atoms with Crippen molar-refractivity contribution in [1.29, 1.82) is 0 Å². The lowest BCUT2D eigenvalue weighted by Gasteiger charge is -2.20. The van der Waals surface area contributed by atoms with E-state index >= 15 is 0 Å². The van der Waals surface area contributed by atoms with Crippen molar-refractivity contribution in [2.24, 2.45) is 11.8 Å². The largest absolute Gasteiger partial charge is 0.480 e. The number of hydrogen-bond acceptors (Lipinski definition) is 3. The van der Waals surface area contributed by atoms with E-state index in [1.165, 1.54) is 17.9 Å². The molecule has 3 unspecified atom stereocenters.